The molecule has 0 aromatic heterocycles. The Morgan fingerprint density at radius 2 is 1.31 bits per heavy atom. The number of carbonyl (C=O) groups excluding carboxylic acids is 3. The smallest absolute Gasteiger partial charge is 0.255 e. The third-order valence-electron chi connectivity index (χ3n) is 4.04. The van der Waals surface area contributed by atoms with Crippen LogP contribution < -0.4 is 21.7 Å². The molecule has 0 saturated carbocycles. The lowest BCUT2D eigenvalue weighted by Crippen LogP contribution is -2.22. The van der Waals surface area contributed by atoms with Crippen LogP contribution in [0.25, 0.3) is 0 Å². The average Bonchev–Trinajstić information content (AvgIpc) is 2.73. The molecular weight excluding hydrogens is 368 g/mol. The van der Waals surface area contributed by atoms with Crippen LogP contribution >= 0.6 is 0 Å². The SMILES string of the molecule is NC(=O)c1cccc(NC(=O)CNc2cccc(NC(=O)c3ccccc3)c2)c1. The molecule has 0 unspecified atom stereocenters. The molecule has 0 radical (unpaired) electrons. The minimum absolute atomic E-state index is 0.0108. The molecule has 0 aliphatic heterocycles. The lowest BCUT2D eigenvalue weighted by atomic mass is 10.2. The van der Waals surface area contributed by atoms with Gasteiger partial charge in [0.05, 0.1) is 6.54 Å². The van der Waals surface area contributed by atoms with Crippen LogP contribution in [0, 0.1) is 0 Å². The van der Waals surface area contributed by atoms with Gasteiger partial charge in [-0.15, -0.1) is 0 Å². The second kappa shape index (κ2) is 9.18. The molecule has 3 aromatic carbocycles. The normalized spacial score (nSPS) is 10.1. The van der Waals surface area contributed by atoms with E-state index in [1.54, 1.807) is 66.7 Å². The predicted octanol–water partition coefficient (Wildman–Crippen LogP) is 3.09. The molecule has 3 rings (SSSR count). The van der Waals surface area contributed by atoms with Crippen molar-refractivity contribution in [2.45, 2.75) is 0 Å². The molecule has 146 valence electrons. The minimum Gasteiger partial charge on any atom is -0.376 e. The Hall–Kier alpha value is -4.13. The number of benzene rings is 3. The number of nitrogens with one attached hydrogen (secondary N) is 3. The van der Waals surface area contributed by atoms with Crippen molar-refractivity contribution in [1.29, 1.82) is 0 Å². The molecule has 7 heteroatoms. The van der Waals surface area contributed by atoms with Crippen LogP contribution in [-0.2, 0) is 4.79 Å². The van der Waals surface area contributed by atoms with E-state index in [9.17, 15) is 14.4 Å². The molecule has 0 atom stereocenters. The Morgan fingerprint density at radius 3 is 2.03 bits per heavy atom. The van der Waals surface area contributed by atoms with Crippen LogP contribution in [-0.4, -0.2) is 24.3 Å². The third kappa shape index (κ3) is 5.67. The summed E-state index contributed by atoms with van der Waals surface area (Å²) in [5, 5.41) is 8.52. The molecule has 0 spiro atoms. The van der Waals surface area contributed by atoms with Crippen LogP contribution in [0.1, 0.15) is 20.7 Å². The lowest BCUT2D eigenvalue weighted by Gasteiger charge is -2.10. The highest BCUT2D eigenvalue weighted by molar-refractivity contribution is 6.04. The maximum Gasteiger partial charge on any atom is 0.255 e. The number of rotatable bonds is 7. The van der Waals surface area contributed by atoms with Crippen molar-refractivity contribution in [1.82, 2.24) is 0 Å². The van der Waals surface area contributed by atoms with Crippen molar-refractivity contribution >= 4 is 34.8 Å². The van der Waals surface area contributed by atoms with E-state index in [2.05, 4.69) is 16.0 Å². The van der Waals surface area contributed by atoms with Gasteiger partial charge in [0.1, 0.15) is 0 Å². The predicted molar refractivity (Wildman–Crippen MR) is 113 cm³/mol. The molecule has 3 aromatic rings. The average molecular weight is 388 g/mol. The van der Waals surface area contributed by atoms with Gasteiger partial charge in [-0.2, -0.15) is 0 Å². The summed E-state index contributed by atoms with van der Waals surface area (Å²) >= 11 is 0. The lowest BCUT2D eigenvalue weighted by molar-refractivity contribution is -0.114. The Balaban J connectivity index is 1.56. The standard InChI is InChI=1S/C22H20N4O3/c23-21(28)16-8-4-10-18(12-16)25-20(27)14-24-17-9-5-11-19(13-17)26-22(29)15-6-2-1-3-7-15/h1-13,24H,14H2,(H2,23,28)(H,25,27)(H,26,29). The molecule has 0 heterocycles. The first-order valence-corrected chi connectivity index (χ1v) is 8.91. The Kier molecular flexibility index (Phi) is 6.22. The zero-order valence-corrected chi connectivity index (χ0v) is 15.5. The number of hydrogen-bond donors (Lipinski definition) is 4. The number of nitrogens with two attached hydrogens (primary N) is 1. The van der Waals surface area contributed by atoms with E-state index in [0.29, 0.717) is 28.2 Å². The molecule has 5 N–H and O–H groups in total. The van der Waals surface area contributed by atoms with E-state index in [1.165, 1.54) is 6.07 Å². The summed E-state index contributed by atoms with van der Waals surface area (Å²) in [5.41, 5.74) is 7.89. The Bertz CT molecular complexity index is 1030. The molecule has 29 heavy (non-hydrogen) atoms. The summed E-state index contributed by atoms with van der Waals surface area (Å²) in [7, 11) is 0. The molecule has 7 nitrogen and oxygen atoms in total. The molecule has 0 aliphatic carbocycles. The van der Waals surface area contributed by atoms with Crippen LogP contribution in [0.5, 0.6) is 0 Å². The molecule has 0 fully saturated rings. The second-order valence-electron chi connectivity index (χ2n) is 6.25. The van der Waals surface area contributed by atoms with Crippen LogP contribution in [0.2, 0.25) is 0 Å². The summed E-state index contributed by atoms with van der Waals surface area (Å²) < 4.78 is 0. The topological polar surface area (TPSA) is 113 Å². The van der Waals surface area contributed by atoms with E-state index >= 15 is 0 Å². The number of amides is 3. The fourth-order valence-corrected chi connectivity index (χ4v) is 2.64. The van der Waals surface area contributed by atoms with Gasteiger partial charge in [-0.25, -0.2) is 0 Å². The minimum atomic E-state index is -0.561. The van der Waals surface area contributed by atoms with E-state index in [-0.39, 0.29) is 18.4 Å². The molecule has 0 saturated heterocycles. The van der Waals surface area contributed by atoms with Gasteiger partial charge in [-0.1, -0.05) is 30.3 Å². The maximum atomic E-state index is 12.2. The van der Waals surface area contributed by atoms with Crippen molar-refractivity contribution in [2.24, 2.45) is 5.73 Å². The van der Waals surface area contributed by atoms with Crippen molar-refractivity contribution in [2.75, 3.05) is 22.5 Å². The van der Waals surface area contributed by atoms with Crippen molar-refractivity contribution in [3.63, 3.8) is 0 Å². The highest BCUT2D eigenvalue weighted by Crippen LogP contribution is 2.16. The summed E-state index contributed by atoms with van der Waals surface area (Å²) in [5.74, 6) is -1.06. The first-order chi connectivity index (χ1) is 14.0. The quantitative estimate of drug-likeness (QED) is 0.498. The number of carbonyl (C=O) groups is 3. The van der Waals surface area contributed by atoms with Gasteiger partial charge in [-0.3, -0.25) is 14.4 Å². The monoisotopic (exact) mass is 388 g/mol. The second-order valence-corrected chi connectivity index (χ2v) is 6.25. The van der Waals surface area contributed by atoms with Gasteiger partial charge < -0.3 is 21.7 Å². The molecule has 0 aliphatic rings. The number of anilines is 3. The van der Waals surface area contributed by atoms with E-state index < -0.39 is 5.91 Å². The van der Waals surface area contributed by atoms with E-state index in [0.717, 1.165) is 0 Å². The van der Waals surface area contributed by atoms with Crippen molar-refractivity contribution in [3.8, 4) is 0 Å². The highest BCUT2D eigenvalue weighted by Gasteiger charge is 2.07. The fraction of sp³-hybridized carbons (Fsp3) is 0.0455. The van der Waals surface area contributed by atoms with E-state index in [1.807, 2.05) is 6.07 Å². The van der Waals surface area contributed by atoms with Gasteiger partial charge in [0.2, 0.25) is 11.8 Å². The summed E-state index contributed by atoms with van der Waals surface area (Å²) in [6, 6.07) is 22.4. The maximum absolute atomic E-state index is 12.2. The largest absolute Gasteiger partial charge is 0.376 e. The number of hydrogen-bond acceptors (Lipinski definition) is 4. The van der Waals surface area contributed by atoms with Gasteiger partial charge >= 0.3 is 0 Å². The Labute approximate surface area is 167 Å². The summed E-state index contributed by atoms with van der Waals surface area (Å²) in [6.07, 6.45) is 0. The fourth-order valence-electron chi connectivity index (χ4n) is 2.64. The highest BCUT2D eigenvalue weighted by atomic mass is 16.2. The van der Waals surface area contributed by atoms with Gasteiger partial charge in [0.25, 0.3) is 5.91 Å². The van der Waals surface area contributed by atoms with Crippen LogP contribution in [0.3, 0.4) is 0 Å². The zero-order chi connectivity index (χ0) is 20.6. The van der Waals surface area contributed by atoms with Gasteiger partial charge in [0.15, 0.2) is 0 Å². The summed E-state index contributed by atoms with van der Waals surface area (Å²) in [4.78, 5) is 35.6. The summed E-state index contributed by atoms with van der Waals surface area (Å²) in [6.45, 7) is 0.0108. The Morgan fingerprint density at radius 1 is 0.690 bits per heavy atom. The first kappa shape index (κ1) is 19.6. The first-order valence-electron chi connectivity index (χ1n) is 8.91. The van der Waals surface area contributed by atoms with Gasteiger partial charge in [0, 0.05) is 28.2 Å². The number of primary amides is 1. The van der Waals surface area contributed by atoms with E-state index in [4.69, 9.17) is 5.73 Å². The third-order valence-corrected chi connectivity index (χ3v) is 4.04. The van der Waals surface area contributed by atoms with Crippen LogP contribution in [0.4, 0.5) is 17.1 Å². The molecule has 3 amide bonds. The van der Waals surface area contributed by atoms with Crippen molar-refractivity contribution in [3.05, 3.63) is 90.0 Å². The van der Waals surface area contributed by atoms with Gasteiger partial charge in [-0.05, 0) is 48.5 Å². The van der Waals surface area contributed by atoms with Crippen LogP contribution in [0.15, 0.2) is 78.9 Å². The zero-order valence-electron chi connectivity index (χ0n) is 15.5. The molecule has 0 bridgehead atoms. The molecular formula is C22H20N4O3. The van der Waals surface area contributed by atoms with Crippen molar-refractivity contribution < 1.29 is 14.4 Å².